The average Bonchev–Trinajstić information content (AvgIpc) is 3.58. The zero-order valence-corrected chi connectivity index (χ0v) is 18.4. The van der Waals surface area contributed by atoms with E-state index in [9.17, 15) is 22.4 Å². The van der Waals surface area contributed by atoms with Crippen molar-refractivity contribution in [1.29, 1.82) is 0 Å². The van der Waals surface area contributed by atoms with Crippen molar-refractivity contribution in [3.05, 3.63) is 65.4 Å². The molecule has 7 nitrogen and oxygen atoms in total. The van der Waals surface area contributed by atoms with Gasteiger partial charge in [0, 0.05) is 23.1 Å². The van der Waals surface area contributed by atoms with Crippen LogP contribution in [0.5, 0.6) is 5.88 Å². The summed E-state index contributed by atoms with van der Waals surface area (Å²) in [6.45, 7) is 0. The molecule has 0 saturated heterocycles. The van der Waals surface area contributed by atoms with Gasteiger partial charge >= 0.3 is 6.18 Å². The second-order valence-corrected chi connectivity index (χ2v) is 8.31. The summed E-state index contributed by atoms with van der Waals surface area (Å²) in [5.74, 6) is -1.49. The smallest absolute Gasteiger partial charge is 0.421 e. The lowest BCUT2D eigenvalue weighted by Crippen LogP contribution is -2.17. The number of nitrogens with one attached hydrogen (secondary N) is 2. The molecular formula is C24H19F4N5O2. The topological polar surface area (TPSA) is 92.8 Å². The first-order chi connectivity index (χ1) is 16.7. The molecule has 0 unspecified atom stereocenters. The lowest BCUT2D eigenvalue weighted by atomic mass is 10.0. The molecule has 0 radical (unpaired) electrons. The van der Waals surface area contributed by atoms with Crippen LogP contribution in [0.2, 0.25) is 0 Å². The maximum atomic E-state index is 14.8. The number of amides is 1. The number of benzene rings is 1. The molecule has 3 aromatic heterocycles. The predicted octanol–water partition coefficient (Wildman–Crippen LogP) is 5.25. The summed E-state index contributed by atoms with van der Waals surface area (Å²) in [6.07, 6.45) is -0.258. The largest absolute Gasteiger partial charge is 0.481 e. The van der Waals surface area contributed by atoms with Crippen LogP contribution in [0.3, 0.4) is 0 Å². The Hall–Kier alpha value is -4.02. The van der Waals surface area contributed by atoms with Gasteiger partial charge in [0.2, 0.25) is 11.8 Å². The van der Waals surface area contributed by atoms with E-state index in [1.165, 1.54) is 12.1 Å². The molecule has 1 amide bonds. The third kappa shape index (κ3) is 4.66. The molecule has 1 saturated carbocycles. The minimum absolute atomic E-state index is 0.0970. The molecule has 35 heavy (non-hydrogen) atoms. The van der Waals surface area contributed by atoms with Crippen LogP contribution in [0.15, 0.2) is 42.7 Å². The highest BCUT2D eigenvalue weighted by Crippen LogP contribution is 2.42. The van der Waals surface area contributed by atoms with Crippen LogP contribution in [0, 0.1) is 5.82 Å². The third-order valence-electron chi connectivity index (χ3n) is 5.78. The molecular weight excluding hydrogens is 466 g/mol. The number of halogens is 4. The molecule has 180 valence electrons. The van der Waals surface area contributed by atoms with Gasteiger partial charge in [-0.1, -0.05) is 12.1 Å². The average molecular weight is 485 g/mol. The Morgan fingerprint density at radius 1 is 1.14 bits per heavy atom. The Bertz CT molecular complexity index is 1430. The molecule has 4 aromatic rings. The fraction of sp³-hybridized carbons (Fsp3) is 0.250. The Morgan fingerprint density at radius 2 is 1.94 bits per heavy atom. The number of alkyl halides is 3. The number of H-pyrrole nitrogens is 1. The number of rotatable bonds is 6. The predicted molar refractivity (Wildman–Crippen MR) is 119 cm³/mol. The number of aromatic nitrogens is 4. The Balaban J connectivity index is 1.33. The quantitative estimate of drug-likeness (QED) is 0.364. The van der Waals surface area contributed by atoms with E-state index in [2.05, 4.69) is 30.2 Å². The normalized spacial score (nSPS) is 13.7. The van der Waals surface area contributed by atoms with Gasteiger partial charge in [-0.05, 0) is 42.2 Å². The lowest BCUT2D eigenvalue weighted by molar-refractivity contribution is -0.139. The van der Waals surface area contributed by atoms with Crippen LogP contribution in [0.25, 0.3) is 22.2 Å². The van der Waals surface area contributed by atoms with Gasteiger partial charge in [-0.25, -0.2) is 14.4 Å². The van der Waals surface area contributed by atoms with Gasteiger partial charge in [0.25, 0.3) is 0 Å². The van der Waals surface area contributed by atoms with E-state index < -0.39 is 29.3 Å². The van der Waals surface area contributed by atoms with Gasteiger partial charge in [-0.15, -0.1) is 0 Å². The molecule has 2 N–H and O–H groups in total. The Labute approximate surface area is 196 Å². The van der Waals surface area contributed by atoms with Crippen LogP contribution >= 0.6 is 0 Å². The first-order valence-corrected chi connectivity index (χ1v) is 10.8. The monoisotopic (exact) mass is 485 g/mol. The fourth-order valence-corrected chi connectivity index (χ4v) is 3.88. The number of carbonyl (C=O) groups is 1. The van der Waals surface area contributed by atoms with Crippen LogP contribution in [0.1, 0.15) is 35.6 Å². The number of nitrogens with zero attached hydrogens (tertiary/aromatic N) is 3. The number of aromatic amines is 1. The first kappa shape index (κ1) is 22.8. The molecule has 5 rings (SSSR count). The summed E-state index contributed by atoms with van der Waals surface area (Å²) in [7, 11) is 1.07. The van der Waals surface area contributed by atoms with Crippen molar-refractivity contribution in [3.63, 3.8) is 0 Å². The number of methoxy groups -OCH3 is 1. The van der Waals surface area contributed by atoms with E-state index in [1.54, 1.807) is 12.3 Å². The zero-order valence-electron chi connectivity index (χ0n) is 18.4. The highest BCUT2D eigenvalue weighted by atomic mass is 19.4. The first-order valence-electron chi connectivity index (χ1n) is 10.8. The third-order valence-corrected chi connectivity index (χ3v) is 5.78. The maximum absolute atomic E-state index is 14.8. The van der Waals surface area contributed by atoms with Crippen LogP contribution < -0.4 is 10.1 Å². The lowest BCUT2D eigenvalue weighted by Gasteiger charge is -2.13. The Kier molecular flexibility index (Phi) is 5.62. The van der Waals surface area contributed by atoms with Gasteiger partial charge in [0.1, 0.15) is 11.4 Å². The zero-order chi connectivity index (χ0) is 24.7. The van der Waals surface area contributed by atoms with Crippen molar-refractivity contribution in [1.82, 2.24) is 20.2 Å². The molecule has 1 aromatic carbocycles. The van der Waals surface area contributed by atoms with Crippen molar-refractivity contribution >= 4 is 22.6 Å². The van der Waals surface area contributed by atoms with E-state index in [-0.39, 0.29) is 17.7 Å². The summed E-state index contributed by atoms with van der Waals surface area (Å²) in [4.78, 5) is 20.3. The van der Waals surface area contributed by atoms with Gasteiger partial charge in [0.05, 0.1) is 31.1 Å². The molecule has 1 aliphatic carbocycles. The number of fused-ring (bicyclic) bond motifs is 1. The summed E-state index contributed by atoms with van der Waals surface area (Å²) < 4.78 is 59.0. The minimum atomic E-state index is -4.71. The molecule has 0 spiro atoms. The number of carbonyl (C=O) groups excluding carboxylic acids is 1. The van der Waals surface area contributed by atoms with Gasteiger partial charge in [0.15, 0.2) is 5.65 Å². The summed E-state index contributed by atoms with van der Waals surface area (Å²) in [5, 5.41) is 10.5. The molecule has 1 aliphatic rings. The fourth-order valence-electron chi connectivity index (χ4n) is 3.88. The van der Waals surface area contributed by atoms with Crippen molar-refractivity contribution in [2.24, 2.45) is 0 Å². The molecule has 0 aliphatic heterocycles. The molecule has 0 bridgehead atoms. The maximum Gasteiger partial charge on any atom is 0.421 e. The Morgan fingerprint density at radius 3 is 2.63 bits per heavy atom. The molecule has 3 heterocycles. The summed E-state index contributed by atoms with van der Waals surface area (Å²) in [5.41, 5.74) is 1.72. The van der Waals surface area contributed by atoms with Crippen molar-refractivity contribution in [2.45, 2.75) is 31.4 Å². The number of anilines is 1. The van der Waals surface area contributed by atoms with E-state index in [0.717, 1.165) is 43.3 Å². The van der Waals surface area contributed by atoms with Crippen molar-refractivity contribution in [3.8, 4) is 17.0 Å². The summed E-state index contributed by atoms with van der Waals surface area (Å²) in [6, 6.07) is 7.08. The van der Waals surface area contributed by atoms with Crippen molar-refractivity contribution in [2.75, 3.05) is 12.4 Å². The number of hydrogen-bond acceptors (Lipinski definition) is 5. The van der Waals surface area contributed by atoms with Crippen LogP contribution in [0.4, 0.5) is 23.2 Å². The van der Waals surface area contributed by atoms with E-state index >= 15 is 0 Å². The highest BCUT2D eigenvalue weighted by Gasteiger charge is 2.35. The minimum Gasteiger partial charge on any atom is -0.481 e. The van der Waals surface area contributed by atoms with Crippen LogP contribution in [-0.4, -0.2) is 33.2 Å². The highest BCUT2D eigenvalue weighted by molar-refractivity contribution is 5.92. The van der Waals surface area contributed by atoms with E-state index in [0.29, 0.717) is 22.7 Å². The number of hydrogen-bond donors (Lipinski definition) is 2. The second-order valence-electron chi connectivity index (χ2n) is 8.31. The molecule has 11 heteroatoms. The number of pyridine rings is 2. The number of ether oxygens (including phenoxy) is 1. The van der Waals surface area contributed by atoms with E-state index in [1.807, 2.05) is 6.07 Å². The van der Waals surface area contributed by atoms with Crippen LogP contribution in [-0.2, 0) is 17.4 Å². The summed E-state index contributed by atoms with van der Waals surface area (Å²) >= 11 is 0. The van der Waals surface area contributed by atoms with Gasteiger partial charge in [-0.3, -0.25) is 9.89 Å². The molecule has 1 fully saturated rings. The van der Waals surface area contributed by atoms with E-state index in [4.69, 9.17) is 0 Å². The SMILES string of the molecule is COc1ncc(NC(=O)Cc2ccc(-c3cnc4[nH]nc(C5CC5)c4c3)cc2F)cc1C(F)(F)F. The second kappa shape index (κ2) is 8.64. The van der Waals surface area contributed by atoms with Gasteiger partial charge < -0.3 is 10.1 Å². The van der Waals surface area contributed by atoms with Gasteiger partial charge in [-0.2, -0.15) is 18.3 Å². The molecule has 0 atom stereocenters. The standard InChI is InChI=1S/C24H19F4N5O2/c1-35-23-18(24(26,27)28)9-16(11-30-23)31-20(34)8-14-5-4-13(7-19(14)25)15-6-17-21(12-2-3-12)32-33-22(17)29-10-15/h4-7,9-12H,2-3,8H2,1H3,(H,31,34)(H,29,32,33). The van der Waals surface area contributed by atoms with Crippen molar-refractivity contribution < 1.29 is 27.1 Å².